The van der Waals surface area contributed by atoms with E-state index in [1.165, 1.54) is 0 Å². The maximum Gasteiger partial charge on any atom is 0.0863 e. The predicted octanol–water partition coefficient (Wildman–Crippen LogP) is 8.45. The fourth-order valence-corrected chi connectivity index (χ4v) is 4.33. The molecule has 1 heterocycles. The third-order valence-corrected chi connectivity index (χ3v) is 5.90. The standard InChI is InChI=1S/C22H13Cl4N/c23-17-13-7-12-16(19(17)24)22-20(25)18(14-8-3-1-4-9-14)21(27(22)26)15-10-5-2-6-11-15/h1-13H. The molecule has 0 aliphatic rings. The Bertz CT molecular complexity index is 1040. The van der Waals surface area contributed by atoms with Crippen LogP contribution in [0, 0.1) is 0 Å². The van der Waals surface area contributed by atoms with Crippen LogP contribution in [0.25, 0.3) is 33.6 Å². The number of aromatic nitrogens is 1. The molecule has 0 aliphatic heterocycles. The first kappa shape index (κ1) is 18.5. The molecule has 0 aliphatic carbocycles. The Morgan fingerprint density at radius 2 is 1.15 bits per heavy atom. The van der Waals surface area contributed by atoms with Crippen LogP contribution in [0.15, 0.2) is 78.9 Å². The molecule has 134 valence electrons. The third kappa shape index (κ3) is 3.26. The molecule has 0 radical (unpaired) electrons. The maximum atomic E-state index is 6.87. The highest BCUT2D eigenvalue weighted by Crippen LogP contribution is 2.48. The highest BCUT2D eigenvalue weighted by Gasteiger charge is 2.25. The number of benzene rings is 3. The van der Waals surface area contributed by atoms with E-state index in [9.17, 15) is 0 Å². The van der Waals surface area contributed by atoms with Crippen LogP contribution in [-0.4, -0.2) is 4.09 Å². The fraction of sp³-hybridized carbons (Fsp3) is 0. The molecule has 1 nitrogen and oxygen atoms in total. The zero-order chi connectivity index (χ0) is 19.0. The Morgan fingerprint density at radius 3 is 1.78 bits per heavy atom. The summed E-state index contributed by atoms with van der Waals surface area (Å²) in [6, 6.07) is 25.2. The predicted molar refractivity (Wildman–Crippen MR) is 117 cm³/mol. The summed E-state index contributed by atoms with van der Waals surface area (Å²) in [6.45, 7) is 0. The molecular formula is C22H13Cl4N. The Balaban J connectivity index is 2.09. The molecule has 1 aromatic heterocycles. The molecule has 0 fully saturated rings. The second-order valence-corrected chi connectivity index (χ2v) is 7.50. The van der Waals surface area contributed by atoms with Gasteiger partial charge in [0.15, 0.2) is 0 Å². The number of hydrogen-bond donors (Lipinski definition) is 0. The lowest BCUT2D eigenvalue weighted by molar-refractivity contribution is 1.27. The number of halogens is 4. The SMILES string of the molecule is Clc1cccc(-c2c(Cl)c(-c3ccccc3)c(-c3ccccc3)n2Cl)c1Cl. The van der Waals surface area contributed by atoms with Gasteiger partial charge in [-0.2, -0.15) is 0 Å². The lowest BCUT2D eigenvalue weighted by Crippen LogP contribution is -1.91. The van der Waals surface area contributed by atoms with Gasteiger partial charge in [0.05, 0.1) is 26.5 Å². The smallest absolute Gasteiger partial charge is 0.0863 e. The van der Waals surface area contributed by atoms with E-state index < -0.39 is 0 Å². The van der Waals surface area contributed by atoms with Gasteiger partial charge in [-0.25, -0.2) is 0 Å². The van der Waals surface area contributed by atoms with Crippen LogP contribution in [0.4, 0.5) is 0 Å². The van der Waals surface area contributed by atoms with E-state index in [1.54, 1.807) is 10.2 Å². The normalized spacial score (nSPS) is 11.0. The summed E-state index contributed by atoms with van der Waals surface area (Å²) < 4.78 is 1.57. The van der Waals surface area contributed by atoms with Gasteiger partial charge in [-0.15, -0.1) is 0 Å². The summed E-state index contributed by atoms with van der Waals surface area (Å²) in [6.07, 6.45) is 0. The van der Waals surface area contributed by atoms with E-state index in [0.717, 1.165) is 22.4 Å². The Kier molecular flexibility index (Phi) is 5.21. The topological polar surface area (TPSA) is 4.93 Å². The first-order valence-corrected chi connectivity index (χ1v) is 9.72. The monoisotopic (exact) mass is 431 g/mol. The molecule has 4 rings (SSSR count). The van der Waals surface area contributed by atoms with Gasteiger partial charge < -0.3 is 0 Å². The zero-order valence-electron chi connectivity index (χ0n) is 14.0. The number of nitrogens with zero attached hydrogens (tertiary/aromatic N) is 1. The molecule has 0 amide bonds. The van der Waals surface area contributed by atoms with Crippen molar-refractivity contribution in [2.45, 2.75) is 0 Å². The van der Waals surface area contributed by atoms with Gasteiger partial charge in [0.25, 0.3) is 0 Å². The molecule has 0 spiro atoms. The molecule has 0 unspecified atom stereocenters. The minimum absolute atomic E-state index is 0.416. The maximum absolute atomic E-state index is 6.87. The van der Waals surface area contributed by atoms with E-state index in [2.05, 4.69) is 0 Å². The fourth-order valence-electron chi connectivity index (χ4n) is 3.15. The van der Waals surface area contributed by atoms with Gasteiger partial charge in [0.2, 0.25) is 0 Å². The van der Waals surface area contributed by atoms with Gasteiger partial charge in [-0.05, 0) is 11.6 Å². The quantitative estimate of drug-likeness (QED) is 0.306. The van der Waals surface area contributed by atoms with Crippen molar-refractivity contribution in [2.75, 3.05) is 0 Å². The van der Waals surface area contributed by atoms with Crippen molar-refractivity contribution in [3.05, 3.63) is 93.9 Å². The lowest BCUT2D eigenvalue weighted by Gasteiger charge is -2.09. The van der Waals surface area contributed by atoms with E-state index in [4.69, 9.17) is 46.6 Å². The highest BCUT2D eigenvalue weighted by atomic mass is 35.5. The van der Waals surface area contributed by atoms with Crippen LogP contribution in [0.1, 0.15) is 0 Å². The van der Waals surface area contributed by atoms with Crippen molar-refractivity contribution in [2.24, 2.45) is 0 Å². The Labute approximate surface area is 177 Å². The molecule has 0 N–H and O–H groups in total. The van der Waals surface area contributed by atoms with Crippen LogP contribution in [-0.2, 0) is 0 Å². The van der Waals surface area contributed by atoms with Gasteiger partial charge in [0, 0.05) is 28.5 Å². The van der Waals surface area contributed by atoms with Crippen LogP contribution in [0.5, 0.6) is 0 Å². The molecule has 0 saturated carbocycles. The lowest BCUT2D eigenvalue weighted by atomic mass is 10.0. The zero-order valence-corrected chi connectivity index (χ0v) is 17.0. The van der Waals surface area contributed by atoms with Crippen LogP contribution < -0.4 is 0 Å². The molecule has 3 aromatic carbocycles. The number of hydrogen-bond acceptors (Lipinski definition) is 0. The third-order valence-electron chi connectivity index (χ3n) is 4.37. The van der Waals surface area contributed by atoms with Gasteiger partial charge in [-0.3, -0.25) is 4.09 Å². The molecular weight excluding hydrogens is 420 g/mol. The van der Waals surface area contributed by atoms with Crippen molar-refractivity contribution in [3.63, 3.8) is 0 Å². The minimum atomic E-state index is 0.416. The molecule has 4 aromatic rings. The molecule has 0 saturated heterocycles. The second-order valence-electron chi connectivity index (χ2n) is 6.00. The van der Waals surface area contributed by atoms with Crippen LogP contribution >= 0.6 is 46.6 Å². The molecule has 5 heteroatoms. The summed E-state index contributed by atoms with van der Waals surface area (Å²) in [7, 11) is 0. The average Bonchev–Trinajstić information content (AvgIpc) is 2.96. The van der Waals surface area contributed by atoms with E-state index in [-0.39, 0.29) is 0 Å². The Morgan fingerprint density at radius 1 is 0.556 bits per heavy atom. The molecule has 0 bridgehead atoms. The second kappa shape index (κ2) is 7.61. The van der Waals surface area contributed by atoms with Crippen molar-refractivity contribution < 1.29 is 0 Å². The first-order chi connectivity index (χ1) is 13.1. The summed E-state index contributed by atoms with van der Waals surface area (Å²) in [5.41, 5.74) is 4.88. The summed E-state index contributed by atoms with van der Waals surface area (Å²) in [5, 5.41) is 1.39. The molecule has 27 heavy (non-hydrogen) atoms. The summed E-state index contributed by atoms with van der Waals surface area (Å²) >= 11 is 26.4. The van der Waals surface area contributed by atoms with Crippen molar-refractivity contribution in [3.8, 4) is 33.6 Å². The van der Waals surface area contributed by atoms with Crippen LogP contribution in [0.3, 0.4) is 0 Å². The molecule has 0 atom stereocenters. The highest BCUT2D eigenvalue weighted by molar-refractivity contribution is 6.45. The van der Waals surface area contributed by atoms with Crippen LogP contribution in [0.2, 0.25) is 15.1 Å². The average molecular weight is 433 g/mol. The van der Waals surface area contributed by atoms with E-state index in [1.807, 2.05) is 72.8 Å². The number of rotatable bonds is 3. The largest absolute Gasteiger partial charge is 0.250 e. The van der Waals surface area contributed by atoms with Gasteiger partial charge >= 0.3 is 0 Å². The summed E-state index contributed by atoms with van der Waals surface area (Å²) in [5.74, 6) is 0. The van der Waals surface area contributed by atoms with E-state index >= 15 is 0 Å². The first-order valence-electron chi connectivity index (χ1n) is 8.25. The van der Waals surface area contributed by atoms with Crippen molar-refractivity contribution in [1.82, 2.24) is 4.09 Å². The van der Waals surface area contributed by atoms with Crippen molar-refractivity contribution in [1.29, 1.82) is 0 Å². The summed E-state index contributed by atoms with van der Waals surface area (Å²) in [4.78, 5) is 0. The van der Waals surface area contributed by atoms with Crippen molar-refractivity contribution >= 4 is 46.6 Å². The minimum Gasteiger partial charge on any atom is -0.250 e. The van der Waals surface area contributed by atoms with Gasteiger partial charge in [-0.1, -0.05) is 108 Å². The van der Waals surface area contributed by atoms with Gasteiger partial charge in [0.1, 0.15) is 0 Å². The van der Waals surface area contributed by atoms with E-state index in [0.29, 0.717) is 26.3 Å². The Hall–Kier alpha value is -1.90.